The molecule has 0 heterocycles. The first-order chi connectivity index (χ1) is 13.0. The van der Waals surface area contributed by atoms with Gasteiger partial charge in [-0.1, -0.05) is 46.2 Å². The number of carboxylic acid groups (broad SMARTS) is 1. The number of carbonyl (C=O) groups is 1. The van der Waals surface area contributed by atoms with Gasteiger partial charge in [-0.05, 0) is 47.7 Å². The maximum Gasteiger partial charge on any atom is 0.335 e. The van der Waals surface area contributed by atoms with Crippen molar-refractivity contribution in [3.63, 3.8) is 0 Å². The van der Waals surface area contributed by atoms with Gasteiger partial charge in [0.1, 0.15) is 10.6 Å². The Morgan fingerprint density at radius 2 is 1.86 bits per heavy atom. The van der Waals surface area contributed by atoms with Gasteiger partial charge < -0.3 is 9.84 Å². The van der Waals surface area contributed by atoms with Crippen molar-refractivity contribution in [2.45, 2.75) is 50.8 Å². The van der Waals surface area contributed by atoms with Crippen molar-refractivity contribution in [2.75, 3.05) is 11.3 Å². The lowest BCUT2D eigenvalue weighted by molar-refractivity contribution is 0.0697. The quantitative estimate of drug-likeness (QED) is 0.623. The first kappa shape index (κ1) is 21.8. The average molecular weight is 406 g/mol. The molecule has 0 saturated carbocycles. The first-order valence-corrected chi connectivity index (χ1v) is 10.7. The molecule has 0 unspecified atom stereocenters. The lowest BCUT2D eigenvalue weighted by Crippen LogP contribution is -2.18. The number of carboxylic acids is 1. The Kier molecular flexibility index (Phi) is 6.72. The third-order valence-corrected chi connectivity index (χ3v) is 5.62. The van der Waals surface area contributed by atoms with Gasteiger partial charge in [0.15, 0.2) is 0 Å². The summed E-state index contributed by atoms with van der Waals surface area (Å²) in [6.45, 7) is 8.45. The van der Waals surface area contributed by atoms with Gasteiger partial charge in [-0.2, -0.15) is 0 Å². The molecule has 0 amide bonds. The number of hydrogen-bond acceptors (Lipinski definition) is 4. The van der Waals surface area contributed by atoms with Crippen LogP contribution in [0.15, 0.2) is 47.4 Å². The zero-order valence-electron chi connectivity index (χ0n) is 16.7. The Labute approximate surface area is 166 Å². The normalized spacial score (nSPS) is 11.9. The average Bonchev–Trinajstić information content (AvgIpc) is 2.61. The maximum absolute atomic E-state index is 13.1. The van der Waals surface area contributed by atoms with E-state index in [9.17, 15) is 13.2 Å². The van der Waals surface area contributed by atoms with Crippen LogP contribution >= 0.6 is 0 Å². The molecule has 7 heteroatoms. The van der Waals surface area contributed by atoms with Crippen LogP contribution in [0.3, 0.4) is 0 Å². The van der Waals surface area contributed by atoms with E-state index in [1.54, 1.807) is 12.1 Å². The number of unbranched alkanes of at least 4 members (excludes halogenated alkanes) is 1. The number of benzene rings is 2. The van der Waals surface area contributed by atoms with Crippen molar-refractivity contribution in [1.29, 1.82) is 0 Å². The molecule has 152 valence electrons. The van der Waals surface area contributed by atoms with E-state index in [0.717, 1.165) is 18.4 Å². The fourth-order valence-electron chi connectivity index (χ4n) is 2.56. The molecule has 2 rings (SSSR count). The molecule has 0 aliphatic heterocycles. The minimum atomic E-state index is -3.97. The van der Waals surface area contributed by atoms with Crippen molar-refractivity contribution < 1.29 is 23.1 Å². The van der Waals surface area contributed by atoms with Crippen LogP contribution in [-0.2, 0) is 15.4 Å². The Bertz CT molecular complexity index is 946. The summed E-state index contributed by atoms with van der Waals surface area (Å²) in [5, 5.41) is 9.12. The summed E-state index contributed by atoms with van der Waals surface area (Å²) in [7, 11) is -3.97. The van der Waals surface area contributed by atoms with E-state index < -0.39 is 16.0 Å². The molecule has 28 heavy (non-hydrogen) atoms. The van der Waals surface area contributed by atoms with Gasteiger partial charge in [-0.3, -0.25) is 4.72 Å². The predicted octanol–water partition coefficient (Wildman–Crippen LogP) is 4.66. The molecular formula is C21H27NO5S. The summed E-state index contributed by atoms with van der Waals surface area (Å²) in [4.78, 5) is 11.2. The van der Waals surface area contributed by atoms with Crippen LogP contribution < -0.4 is 9.46 Å². The Balaban J connectivity index is 2.46. The fraction of sp³-hybridized carbons (Fsp3) is 0.381. The van der Waals surface area contributed by atoms with Gasteiger partial charge in [0.25, 0.3) is 10.0 Å². The smallest absolute Gasteiger partial charge is 0.335 e. The third kappa shape index (κ3) is 5.48. The molecule has 2 N–H and O–H groups in total. The van der Waals surface area contributed by atoms with Gasteiger partial charge >= 0.3 is 5.97 Å². The van der Waals surface area contributed by atoms with Crippen LogP contribution in [0.5, 0.6) is 5.75 Å². The highest BCUT2D eigenvalue weighted by Gasteiger charge is 2.24. The summed E-state index contributed by atoms with van der Waals surface area (Å²) < 4.78 is 34.3. The summed E-state index contributed by atoms with van der Waals surface area (Å²) in [6.07, 6.45) is 1.75. The number of nitrogens with one attached hydrogen (secondary N) is 1. The Morgan fingerprint density at radius 3 is 2.46 bits per heavy atom. The summed E-state index contributed by atoms with van der Waals surface area (Å²) in [6, 6.07) is 10.8. The fourth-order valence-corrected chi connectivity index (χ4v) is 3.78. The van der Waals surface area contributed by atoms with Gasteiger partial charge in [-0.15, -0.1) is 0 Å². The highest BCUT2D eigenvalue weighted by molar-refractivity contribution is 7.92. The van der Waals surface area contributed by atoms with Crippen LogP contribution in [0, 0.1) is 0 Å². The molecule has 0 aliphatic rings. The number of aromatic carboxylic acids is 1. The van der Waals surface area contributed by atoms with Crippen LogP contribution in [0.4, 0.5) is 5.69 Å². The molecule has 0 fully saturated rings. The first-order valence-electron chi connectivity index (χ1n) is 9.18. The second-order valence-corrected chi connectivity index (χ2v) is 9.26. The van der Waals surface area contributed by atoms with E-state index in [0.29, 0.717) is 6.61 Å². The predicted molar refractivity (Wildman–Crippen MR) is 110 cm³/mol. The standard InChI is InChI=1S/C21H27NO5S/c1-5-6-12-27-18-11-10-16(21(2,3)4)14-19(18)28(25,26)22-17-9-7-8-15(13-17)20(23)24/h7-11,13-14,22H,5-6,12H2,1-4H3,(H,23,24). The maximum atomic E-state index is 13.1. The molecule has 0 saturated heterocycles. The topological polar surface area (TPSA) is 92.7 Å². The van der Waals surface area contributed by atoms with Gasteiger partial charge in [0, 0.05) is 5.69 Å². The molecule has 0 radical (unpaired) electrons. The van der Waals surface area contributed by atoms with Crippen molar-refractivity contribution in [3.8, 4) is 5.75 Å². The van der Waals surface area contributed by atoms with Crippen LogP contribution in [-0.4, -0.2) is 26.1 Å². The largest absolute Gasteiger partial charge is 0.492 e. The molecule has 0 aliphatic carbocycles. The monoisotopic (exact) mass is 405 g/mol. The molecule has 0 spiro atoms. The van der Waals surface area contributed by atoms with Crippen LogP contribution in [0.25, 0.3) is 0 Å². The Hall–Kier alpha value is -2.54. The number of ether oxygens (including phenoxy) is 1. The molecule has 0 bridgehead atoms. The third-order valence-electron chi connectivity index (χ3n) is 4.22. The van der Waals surface area contributed by atoms with E-state index in [-0.39, 0.29) is 27.3 Å². The van der Waals surface area contributed by atoms with Crippen LogP contribution in [0.1, 0.15) is 56.5 Å². The van der Waals surface area contributed by atoms with E-state index >= 15 is 0 Å². The zero-order chi connectivity index (χ0) is 20.9. The minimum absolute atomic E-state index is 0.00283. The molecule has 0 atom stereocenters. The number of sulfonamides is 1. The van der Waals surface area contributed by atoms with Gasteiger partial charge in [0.2, 0.25) is 0 Å². The summed E-state index contributed by atoms with van der Waals surface area (Å²) in [5.41, 5.74) is 0.800. The van der Waals surface area contributed by atoms with Crippen molar-refractivity contribution in [2.24, 2.45) is 0 Å². The second-order valence-electron chi connectivity index (χ2n) is 7.60. The van der Waals surface area contributed by atoms with E-state index in [4.69, 9.17) is 9.84 Å². The zero-order valence-corrected chi connectivity index (χ0v) is 17.5. The van der Waals surface area contributed by atoms with E-state index in [1.807, 2.05) is 33.8 Å². The lowest BCUT2D eigenvalue weighted by atomic mass is 9.87. The minimum Gasteiger partial charge on any atom is -0.492 e. The SMILES string of the molecule is CCCCOc1ccc(C(C)(C)C)cc1S(=O)(=O)Nc1cccc(C(=O)O)c1. The number of anilines is 1. The highest BCUT2D eigenvalue weighted by atomic mass is 32.2. The molecule has 2 aromatic rings. The molecule has 6 nitrogen and oxygen atoms in total. The van der Waals surface area contributed by atoms with Crippen molar-refractivity contribution in [3.05, 3.63) is 53.6 Å². The van der Waals surface area contributed by atoms with Gasteiger partial charge in [-0.25, -0.2) is 13.2 Å². The van der Waals surface area contributed by atoms with E-state index in [2.05, 4.69) is 4.72 Å². The van der Waals surface area contributed by atoms with Crippen molar-refractivity contribution in [1.82, 2.24) is 0 Å². The molecule has 0 aromatic heterocycles. The van der Waals surface area contributed by atoms with Crippen molar-refractivity contribution >= 4 is 21.7 Å². The van der Waals surface area contributed by atoms with Crippen LogP contribution in [0.2, 0.25) is 0 Å². The molecule has 2 aromatic carbocycles. The molecular weight excluding hydrogens is 378 g/mol. The lowest BCUT2D eigenvalue weighted by Gasteiger charge is -2.22. The highest BCUT2D eigenvalue weighted by Crippen LogP contribution is 2.32. The number of hydrogen-bond donors (Lipinski definition) is 2. The number of rotatable bonds is 8. The second kappa shape index (κ2) is 8.65. The Morgan fingerprint density at radius 1 is 1.14 bits per heavy atom. The summed E-state index contributed by atoms with van der Waals surface area (Å²) >= 11 is 0. The van der Waals surface area contributed by atoms with Gasteiger partial charge in [0.05, 0.1) is 12.2 Å². The summed E-state index contributed by atoms with van der Waals surface area (Å²) in [5.74, 6) is -0.845. The van der Waals surface area contributed by atoms with E-state index in [1.165, 1.54) is 24.3 Å².